The first-order chi connectivity index (χ1) is 9.51. The number of hydrogen-bond donors (Lipinski definition) is 1. The fourth-order valence-corrected chi connectivity index (χ4v) is 2.26. The second-order valence-electron chi connectivity index (χ2n) is 4.78. The van der Waals surface area contributed by atoms with Crippen LogP contribution in [0.1, 0.15) is 22.7 Å². The SMILES string of the molecule is CNC(Cc1ccc(F)cc1F)c1cc(F)ccc1C. The third kappa shape index (κ3) is 3.20. The molecule has 0 radical (unpaired) electrons. The highest BCUT2D eigenvalue weighted by Crippen LogP contribution is 2.24. The largest absolute Gasteiger partial charge is 0.313 e. The Morgan fingerprint density at radius 3 is 2.30 bits per heavy atom. The van der Waals surface area contributed by atoms with E-state index < -0.39 is 11.6 Å². The summed E-state index contributed by atoms with van der Waals surface area (Å²) in [7, 11) is 1.73. The first kappa shape index (κ1) is 14.6. The highest BCUT2D eigenvalue weighted by molar-refractivity contribution is 5.31. The Bertz CT molecular complexity index is 611. The number of hydrogen-bond acceptors (Lipinski definition) is 1. The summed E-state index contributed by atoms with van der Waals surface area (Å²) in [5.74, 6) is -1.51. The van der Waals surface area contributed by atoms with E-state index >= 15 is 0 Å². The monoisotopic (exact) mass is 279 g/mol. The van der Waals surface area contributed by atoms with Gasteiger partial charge in [0, 0.05) is 12.1 Å². The van der Waals surface area contributed by atoms with Gasteiger partial charge in [-0.05, 0) is 55.3 Å². The molecule has 0 aliphatic rings. The van der Waals surface area contributed by atoms with E-state index in [0.29, 0.717) is 12.0 Å². The van der Waals surface area contributed by atoms with Crippen LogP contribution in [-0.4, -0.2) is 7.05 Å². The van der Waals surface area contributed by atoms with Gasteiger partial charge in [-0.1, -0.05) is 12.1 Å². The van der Waals surface area contributed by atoms with E-state index in [2.05, 4.69) is 5.32 Å². The van der Waals surface area contributed by atoms with Crippen molar-refractivity contribution in [2.75, 3.05) is 7.05 Å². The van der Waals surface area contributed by atoms with Crippen molar-refractivity contribution in [1.82, 2.24) is 5.32 Å². The molecule has 0 spiro atoms. The summed E-state index contributed by atoms with van der Waals surface area (Å²) in [6, 6.07) is 7.80. The maximum atomic E-state index is 13.7. The first-order valence-corrected chi connectivity index (χ1v) is 6.38. The molecule has 1 N–H and O–H groups in total. The van der Waals surface area contributed by atoms with Gasteiger partial charge >= 0.3 is 0 Å². The highest BCUT2D eigenvalue weighted by atomic mass is 19.1. The summed E-state index contributed by atoms with van der Waals surface area (Å²) >= 11 is 0. The highest BCUT2D eigenvalue weighted by Gasteiger charge is 2.16. The van der Waals surface area contributed by atoms with Crippen LogP contribution in [0.3, 0.4) is 0 Å². The quantitative estimate of drug-likeness (QED) is 0.894. The molecule has 0 aromatic heterocycles. The fourth-order valence-electron chi connectivity index (χ4n) is 2.26. The van der Waals surface area contributed by atoms with Gasteiger partial charge in [-0.3, -0.25) is 0 Å². The molecule has 4 heteroatoms. The lowest BCUT2D eigenvalue weighted by atomic mass is 9.95. The summed E-state index contributed by atoms with van der Waals surface area (Å²) in [5.41, 5.74) is 2.10. The lowest BCUT2D eigenvalue weighted by Gasteiger charge is -2.19. The van der Waals surface area contributed by atoms with E-state index in [1.54, 1.807) is 13.1 Å². The van der Waals surface area contributed by atoms with Crippen molar-refractivity contribution in [2.24, 2.45) is 0 Å². The van der Waals surface area contributed by atoms with Crippen LogP contribution in [-0.2, 0) is 6.42 Å². The summed E-state index contributed by atoms with van der Waals surface area (Å²) in [5, 5.41) is 3.05. The maximum absolute atomic E-state index is 13.7. The molecule has 1 atom stereocenters. The molecule has 0 amide bonds. The standard InChI is InChI=1S/C16H16F3N/c1-10-3-5-12(17)8-14(10)16(20-2)7-11-4-6-13(18)9-15(11)19/h3-6,8-9,16,20H,7H2,1-2H3. The number of halogens is 3. The Labute approximate surface area is 116 Å². The molecule has 2 rings (SSSR count). The molecular formula is C16H16F3N. The van der Waals surface area contributed by atoms with Gasteiger partial charge in [-0.15, -0.1) is 0 Å². The van der Waals surface area contributed by atoms with Crippen molar-refractivity contribution >= 4 is 0 Å². The van der Waals surface area contributed by atoms with Crippen molar-refractivity contribution in [3.8, 4) is 0 Å². The van der Waals surface area contributed by atoms with Crippen LogP contribution in [0.25, 0.3) is 0 Å². The zero-order valence-corrected chi connectivity index (χ0v) is 11.4. The molecule has 0 bridgehead atoms. The van der Waals surface area contributed by atoms with Gasteiger partial charge in [0.05, 0.1) is 0 Å². The van der Waals surface area contributed by atoms with E-state index in [1.165, 1.54) is 24.3 Å². The number of rotatable bonds is 4. The van der Waals surface area contributed by atoms with Gasteiger partial charge in [0.25, 0.3) is 0 Å². The Kier molecular flexibility index (Phi) is 4.45. The van der Waals surface area contributed by atoms with Crippen molar-refractivity contribution in [3.05, 3.63) is 70.5 Å². The molecule has 0 aliphatic carbocycles. The fraction of sp³-hybridized carbons (Fsp3) is 0.250. The molecule has 1 nitrogen and oxygen atoms in total. The Balaban J connectivity index is 2.31. The molecule has 0 saturated heterocycles. The van der Waals surface area contributed by atoms with Gasteiger partial charge in [0.1, 0.15) is 17.5 Å². The molecule has 0 saturated carbocycles. The van der Waals surface area contributed by atoms with Crippen LogP contribution in [0.5, 0.6) is 0 Å². The van der Waals surface area contributed by atoms with Gasteiger partial charge < -0.3 is 5.32 Å². The van der Waals surface area contributed by atoms with Gasteiger partial charge in [-0.25, -0.2) is 13.2 Å². The molecule has 2 aromatic rings. The predicted octanol–water partition coefficient (Wildman–Crippen LogP) is 3.92. The summed E-state index contributed by atoms with van der Waals surface area (Å²) in [4.78, 5) is 0. The topological polar surface area (TPSA) is 12.0 Å². The average molecular weight is 279 g/mol. The van der Waals surface area contributed by atoms with E-state index in [-0.39, 0.29) is 11.9 Å². The van der Waals surface area contributed by atoms with Crippen molar-refractivity contribution in [2.45, 2.75) is 19.4 Å². The van der Waals surface area contributed by atoms with Gasteiger partial charge in [0.15, 0.2) is 0 Å². The second kappa shape index (κ2) is 6.09. The molecule has 0 aliphatic heterocycles. The van der Waals surface area contributed by atoms with E-state index in [4.69, 9.17) is 0 Å². The van der Waals surface area contributed by atoms with E-state index in [0.717, 1.165) is 17.2 Å². The van der Waals surface area contributed by atoms with Crippen molar-refractivity contribution in [1.29, 1.82) is 0 Å². The molecule has 0 fully saturated rings. The Morgan fingerprint density at radius 1 is 1.00 bits per heavy atom. The number of benzene rings is 2. The van der Waals surface area contributed by atoms with Crippen molar-refractivity contribution < 1.29 is 13.2 Å². The molecule has 0 heterocycles. The number of aryl methyl sites for hydroxylation is 1. The Hall–Kier alpha value is -1.81. The minimum Gasteiger partial charge on any atom is -0.313 e. The molecular weight excluding hydrogens is 263 g/mol. The minimum atomic E-state index is -0.603. The smallest absolute Gasteiger partial charge is 0.129 e. The van der Waals surface area contributed by atoms with Gasteiger partial charge in [0.2, 0.25) is 0 Å². The van der Waals surface area contributed by atoms with Gasteiger partial charge in [-0.2, -0.15) is 0 Å². The molecule has 1 unspecified atom stereocenters. The molecule has 106 valence electrons. The molecule has 2 aromatic carbocycles. The Morgan fingerprint density at radius 2 is 1.65 bits per heavy atom. The third-order valence-electron chi connectivity index (χ3n) is 3.40. The number of likely N-dealkylation sites (N-methyl/N-ethyl adjacent to an activating group) is 1. The number of nitrogens with one attached hydrogen (secondary N) is 1. The lowest BCUT2D eigenvalue weighted by molar-refractivity contribution is 0.536. The van der Waals surface area contributed by atoms with Crippen LogP contribution in [0.2, 0.25) is 0 Å². The second-order valence-corrected chi connectivity index (χ2v) is 4.78. The van der Waals surface area contributed by atoms with Crippen LogP contribution < -0.4 is 5.32 Å². The summed E-state index contributed by atoms with van der Waals surface area (Å²) in [6.07, 6.45) is 0.326. The summed E-state index contributed by atoms with van der Waals surface area (Å²) in [6.45, 7) is 1.88. The van der Waals surface area contributed by atoms with Crippen LogP contribution in [0.4, 0.5) is 13.2 Å². The first-order valence-electron chi connectivity index (χ1n) is 6.38. The van der Waals surface area contributed by atoms with Crippen molar-refractivity contribution in [3.63, 3.8) is 0 Å². The van der Waals surface area contributed by atoms with Crippen LogP contribution in [0, 0.1) is 24.4 Å². The normalized spacial score (nSPS) is 12.4. The van der Waals surface area contributed by atoms with Crippen LogP contribution >= 0.6 is 0 Å². The zero-order valence-electron chi connectivity index (χ0n) is 11.4. The summed E-state index contributed by atoms with van der Waals surface area (Å²) < 4.78 is 40.0. The van der Waals surface area contributed by atoms with E-state index in [9.17, 15) is 13.2 Å². The molecule has 20 heavy (non-hydrogen) atoms. The predicted molar refractivity (Wildman–Crippen MR) is 73.0 cm³/mol. The maximum Gasteiger partial charge on any atom is 0.129 e. The lowest BCUT2D eigenvalue weighted by Crippen LogP contribution is -2.20. The van der Waals surface area contributed by atoms with E-state index in [1.807, 2.05) is 6.92 Å². The zero-order chi connectivity index (χ0) is 14.7. The van der Waals surface area contributed by atoms with Crippen LogP contribution in [0.15, 0.2) is 36.4 Å². The average Bonchev–Trinajstić information content (AvgIpc) is 2.41. The third-order valence-corrected chi connectivity index (χ3v) is 3.40. The minimum absolute atomic E-state index is 0.231.